The van der Waals surface area contributed by atoms with E-state index in [2.05, 4.69) is 4.74 Å². The molecule has 0 N–H and O–H groups in total. The summed E-state index contributed by atoms with van der Waals surface area (Å²) >= 11 is 0. The first-order valence-electron chi connectivity index (χ1n) is 7.97. The van der Waals surface area contributed by atoms with E-state index >= 15 is 0 Å². The number of carbonyl (C=O) groups excluding carboxylic acids is 1. The Morgan fingerprint density at radius 3 is 2.52 bits per heavy atom. The van der Waals surface area contributed by atoms with Gasteiger partial charge in [0.25, 0.3) is 0 Å². The number of hydrogen-bond acceptors (Lipinski definition) is 7. The van der Waals surface area contributed by atoms with Crippen molar-refractivity contribution in [3.63, 3.8) is 0 Å². The van der Waals surface area contributed by atoms with Gasteiger partial charge in [0.05, 0.1) is 18.1 Å². The zero-order chi connectivity index (χ0) is 19.4. The summed E-state index contributed by atoms with van der Waals surface area (Å²) in [7, 11) is 1.30. The van der Waals surface area contributed by atoms with Crippen LogP contribution in [0.25, 0.3) is 11.0 Å². The third-order valence-electron chi connectivity index (χ3n) is 3.79. The average Bonchev–Trinajstić information content (AvgIpc) is 2.69. The predicted octanol–water partition coefficient (Wildman–Crippen LogP) is 3.58. The molecule has 1 heterocycles. The van der Waals surface area contributed by atoms with Crippen LogP contribution in [-0.4, -0.2) is 19.7 Å². The summed E-state index contributed by atoms with van der Waals surface area (Å²) in [4.78, 5) is 24.2. The molecule has 0 aliphatic heterocycles. The van der Waals surface area contributed by atoms with Gasteiger partial charge in [-0.3, -0.25) is 4.79 Å². The predicted molar refractivity (Wildman–Crippen MR) is 96.2 cm³/mol. The summed E-state index contributed by atoms with van der Waals surface area (Å²) in [6.07, 6.45) is 0. The molecule has 0 fully saturated rings. The molecule has 2 aromatic carbocycles. The van der Waals surface area contributed by atoms with Crippen molar-refractivity contribution in [3.8, 4) is 23.3 Å². The SMILES string of the molecule is COC(=O)c1ccc(Oc2c(C)oc3cc(OCC#N)ccc3c2=O)cc1. The normalized spacial score (nSPS) is 10.3. The highest BCUT2D eigenvalue weighted by Gasteiger charge is 2.15. The summed E-state index contributed by atoms with van der Waals surface area (Å²) in [5.41, 5.74) is 0.371. The van der Waals surface area contributed by atoms with E-state index < -0.39 is 5.97 Å². The fourth-order valence-electron chi connectivity index (χ4n) is 2.49. The lowest BCUT2D eigenvalue weighted by Gasteiger charge is -2.10. The third-order valence-corrected chi connectivity index (χ3v) is 3.79. The Bertz CT molecular complexity index is 1090. The monoisotopic (exact) mass is 365 g/mol. The second-order valence-corrected chi connectivity index (χ2v) is 5.54. The minimum atomic E-state index is -0.461. The highest BCUT2D eigenvalue weighted by Crippen LogP contribution is 2.27. The fraction of sp³-hybridized carbons (Fsp3) is 0.150. The van der Waals surface area contributed by atoms with E-state index in [4.69, 9.17) is 19.2 Å². The van der Waals surface area contributed by atoms with Gasteiger partial charge in [0.1, 0.15) is 28.9 Å². The summed E-state index contributed by atoms with van der Waals surface area (Å²) in [6, 6.07) is 12.8. The molecular formula is C20H15NO6. The number of carbonyl (C=O) groups is 1. The number of ether oxygens (including phenoxy) is 3. The van der Waals surface area contributed by atoms with Crippen LogP contribution < -0.4 is 14.9 Å². The number of methoxy groups -OCH3 is 1. The van der Waals surface area contributed by atoms with Gasteiger partial charge in [-0.15, -0.1) is 0 Å². The Kier molecular flexibility index (Phi) is 5.08. The lowest BCUT2D eigenvalue weighted by Crippen LogP contribution is -2.08. The zero-order valence-electron chi connectivity index (χ0n) is 14.6. The van der Waals surface area contributed by atoms with Gasteiger partial charge < -0.3 is 18.6 Å². The van der Waals surface area contributed by atoms with Crippen molar-refractivity contribution in [2.45, 2.75) is 6.92 Å². The maximum Gasteiger partial charge on any atom is 0.337 e. The van der Waals surface area contributed by atoms with Crippen molar-refractivity contribution in [2.24, 2.45) is 0 Å². The van der Waals surface area contributed by atoms with Crippen LogP contribution in [0.3, 0.4) is 0 Å². The first kappa shape index (κ1) is 18.0. The molecule has 0 bridgehead atoms. The number of rotatable bonds is 5. The summed E-state index contributed by atoms with van der Waals surface area (Å²) in [5.74, 6) is 0.698. The van der Waals surface area contributed by atoms with Gasteiger partial charge in [0, 0.05) is 6.07 Å². The molecule has 0 atom stereocenters. The zero-order valence-corrected chi connectivity index (χ0v) is 14.6. The lowest BCUT2D eigenvalue weighted by atomic mass is 10.2. The van der Waals surface area contributed by atoms with Crippen molar-refractivity contribution in [1.82, 2.24) is 0 Å². The standard InChI is InChI=1S/C20H15NO6/c1-12-19(27-14-5-3-13(4-6-14)20(23)24-2)18(22)16-8-7-15(25-10-9-21)11-17(16)26-12/h3-8,11H,10H2,1-2H3. The minimum absolute atomic E-state index is 0.0546. The Morgan fingerprint density at radius 1 is 1.15 bits per heavy atom. The highest BCUT2D eigenvalue weighted by atomic mass is 16.5. The number of hydrogen-bond donors (Lipinski definition) is 0. The van der Waals surface area contributed by atoms with Crippen LogP contribution in [0.15, 0.2) is 51.7 Å². The molecule has 0 spiro atoms. The van der Waals surface area contributed by atoms with Crippen molar-refractivity contribution >= 4 is 16.9 Å². The average molecular weight is 365 g/mol. The van der Waals surface area contributed by atoms with Crippen LogP contribution in [0.2, 0.25) is 0 Å². The summed E-state index contributed by atoms with van der Waals surface area (Å²) < 4.78 is 21.2. The van der Waals surface area contributed by atoms with E-state index in [9.17, 15) is 9.59 Å². The van der Waals surface area contributed by atoms with Crippen LogP contribution >= 0.6 is 0 Å². The molecule has 1 aromatic heterocycles. The van der Waals surface area contributed by atoms with Gasteiger partial charge in [-0.2, -0.15) is 5.26 Å². The van der Waals surface area contributed by atoms with Gasteiger partial charge in [-0.05, 0) is 43.3 Å². The summed E-state index contributed by atoms with van der Waals surface area (Å²) in [5, 5.41) is 8.90. The number of nitrogens with zero attached hydrogens (tertiary/aromatic N) is 1. The van der Waals surface area contributed by atoms with Crippen molar-refractivity contribution < 1.29 is 23.4 Å². The Hall–Kier alpha value is -3.79. The summed E-state index contributed by atoms with van der Waals surface area (Å²) in [6.45, 7) is 1.51. The van der Waals surface area contributed by atoms with Crippen LogP contribution in [0.1, 0.15) is 16.1 Å². The first-order valence-corrected chi connectivity index (χ1v) is 7.97. The molecule has 0 saturated carbocycles. The minimum Gasteiger partial charge on any atom is -0.479 e. The smallest absolute Gasteiger partial charge is 0.337 e. The molecule has 27 heavy (non-hydrogen) atoms. The Labute approximate surface area is 154 Å². The van der Waals surface area contributed by atoms with Crippen LogP contribution in [0, 0.1) is 18.3 Å². The van der Waals surface area contributed by atoms with Crippen molar-refractivity contribution in [2.75, 3.05) is 13.7 Å². The molecule has 0 saturated heterocycles. The van der Waals surface area contributed by atoms with Gasteiger partial charge >= 0.3 is 5.97 Å². The topological polar surface area (TPSA) is 98.8 Å². The van der Waals surface area contributed by atoms with E-state index in [-0.39, 0.29) is 17.8 Å². The Morgan fingerprint density at radius 2 is 1.85 bits per heavy atom. The molecule has 0 aliphatic carbocycles. The molecule has 3 rings (SSSR count). The quantitative estimate of drug-likeness (QED) is 0.637. The van der Waals surface area contributed by atoms with Crippen LogP contribution in [-0.2, 0) is 4.74 Å². The van der Waals surface area contributed by atoms with E-state index in [1.54, 1.807) is 37.3 Å². The van der Waals surface area contributed by atoms with E-state index in [1.807, 2.05) is 6.07 Å². The molecule has 0 amide bonds. The number of esters is 1. The largest absolute Gasteiger partial charge is 0.479 e. The second-order valence-electron chi connectivity index (χ2n) is 5.54. The molecule has 3 aromatic rings. The number of benzene rings is 2. The number of aryl methyl sites for hydroxylation is 1. The second kappa shape index (κ2) is 7.62. The number of fused-ring (bicyclic) bond motifs is 1. The molecule has 0 unspecified atom stereocenters. The van der Waals surface area contributed by atoms with Gasteiger partial charge in [-0.1, -0.05) is 0 Å². The van der Waals surface area contributed by atoms with Crippen LogP contribution in [0.4, 0.5) is 0 Å². The van der Waals surface area contributed by atoms with E-state index in [0.29, 0.717) is 33.8 Å². The molecule has 7 nitrogen and oxygen atoms in total. The van der Waals surface area contributed by atoms with Crippen LogP contribution in [0.5, 0.6) is 17.2 Å². The highest BCUT2D eigenvalue weighted by molar-refractivity contribution is 5.89. The maximum absolute atomic E-state index is 12.7. The van der Waals surface area contributed by atoms with Gasteiger partial charge in [-0.25, -0.2) is 4.79 Å². The Balaban J connectivity index is 1.94. The lowest BCUT2D eigenvalue weighted by molar-refractivity contribution is 0.0600. The molecule has 0 aliphatic rings. The molecule has 136 valence electrons. The molecule has 0 radical (unpaired) electrons. The maximum atomic E-state index is 12.7. The first-order chi connectivity index (χ1) is 13.0. The molecule has 7 heteroatoms. The molecular weight excluding hydrogens is 350 g/mol. The third kappa shape index (κ3) is 3.75. The van der Waals surface area contributed by atoms with Gasteiger partial charge in [0.2, 0.25) is 11.2 Å². The number of nitriles is 1. The van der Waals surface area contributed by atoms with Crippen molar-refractivity contribution in [1.29, 1.82) is 5.26 Å². The van der Waals surface area contributed by atoms with E-state index in [0.717, 1.165) is 0 Å². The van der Waals surface area contributed by atoms with Gasteiger partial charge in [0.15, 0.2) is 6.61 Å². The van der Waals surface area contributed by atoms with Crippen molar-refractivity contribution in [3.05, 3.63) is 64.0 Å². The van der Waals surface area contributed by atoms with E-state index in [1.165, 1.54) is 19.2 Å². The fourth-order valence-corrected chi connectivity index (χ4v) is 2.49.